The Kier molecular flexibility index (Phi) is 6.43. The van der Waals surface area contributed by atoms with E-state index >= 15 is 0 Å². The summed E-state index contributed by atoms with van der Waals surface area (Å²) < 4.78 is 0. The third-order valence-electron chi connectivity index (χ3n) is 4.84. The number of amides is 2. The third-order valence-corrected chi connectivity index (χ3v) is 4.84. The number of anilines is 3. The van der Waals surface area contributed by atoms with Crippen molar-refractivity contribution in [1.29, 1.82) is 0 Å². The van der Waals surface area contributed by atoms with Crippen molar-refractivity contribution >= 4 is 29.1 Å². The summed E-state index contributed by atoms with van der Waals surface area (Å²) in [6.07, 6.45) is 6.45. The summed E-state index contributed by atoms with van der Waals surface area (Å²) in [5.74, 6) is 0.0428. The van der Waals surface area contributed by atoms with Crippen LogP contribution in [0.2, 0.25) is 0 Å². The molecule has 5 N–H and O–H groups in total. The van der Waals surface area contributed by atoms with Gasteiger partial charge >= 0.3 is 0 Å². The lowest BCUT2D eigenvalue weighted by Gasteiger charge is -2.30. The quantitative estimate of drug-likeness (QED) is 0.536. The van der Waals surface area contributed by atoms with Crippen molar-refractivity contribution in [3.05, 3.63) is 54.4 Å². The van der Waals surface area contributed by atoms with Crippen LogP contribution in [0.1, 0.15) is 41.7 Å². The molecule has 0 radical (unpaired) electrons. The Morgan fingerprint density at radius 1 is 1.28 bits per heavy atom. The summed E-state index contributed by atoms with van der Waals surface area (Å²) in [6.45, 7) is 5.47. The van der Waals surface area contributed by atoms with Crippen LogP contribution in [0, 0.1) is 6.92 Å². The summed E-state index contributed by atoms with van der Waals surface area (Å²) in [4.78, 5) is 32.1. The van der Waals surface area contributed by atoms with Crippen molar-refractivity contribution in [2.24, 2.45) is 5.73 Å². The van der Waals surface area contributed by atoms with Gasteiger partial charge in [-0.25, -0.2) is 9.97 Å². The molecule has 1 heterocycles. The first-order valence-electron chi connectivity index (χ1n) is 9.64. The van der Waals surface area contributed by atoms with Crippen molar-refractivity contribution in [2.45, 2.75) is 44.7 Å². The molecule has 1 saturated carbocycles. The minimum absolute atomic E-state index is 0.0804. The average Bonchev–Trinajstić information content (AvgIpc) is 2.68. The van der Waals surface area contributed by atoms with Crippen LogP contribution < -0.4 is 21.7 Å². The maximum absolute atomic E-state index is 11.8. The van der Waals surface area contributed by atoms with Gasteiger partial charge in [0.15, 0.2) is 11.5 Å². The Morgan fingerprint density at radius 3 is 2.79 bits per heavy atom. The van der Waals surface area contributed by atoms with E-state index in [1.165, 1.54) is 12.3 Å². The molecule has 1 fully saturated rings. The second-order valence-corrected chi connectivity index (χ2v) is 7.23. The van der Waals surface area contributed by atoms with Gasteiger partial charge < -0.3 is 21.7 Å². The van der Waals surface area contributed by atoms with Gasteiger partial charge in [0.05, 0.1) is 6.20 Å². The van der Waals surface area contributed by atoms with E-state index in [2.05, 4.69) is 32.5 Å². The second-order valence-electron chi connectivity index (χ2n) is 7.23. The van der Waals surface area contributed by atoms with Gasteiger partial charge in [-0.3, -0.25) is 9.59 Å². The highest BCUT2D eigenvalue weighted by molar-refractivity contribution is 5.96. The fourth-order valence-electron chi connectivity index (χ4n) is 3.51. The molecule has 1 aromatic carbocycles. The zero-order valence-corrected chi connectivity index (χ0v) is 16.4. The molecule has 0 aliphatic heterocycles. The van der Waals surface area contributed by atoms with Gasteiger partial charge in [0, 0.05) is 17.8 Å². The number of nitrogens with one attached hydrogen (secondary N) is 3. The number of nitrogens with zero attached hydrogens (tertiary/aromatic N) is 2. The molecule has 8 nitrogen and oxygen atoms in total. The maximum atomic E-state index is 11.8. The summed E-state index contributed by atoms with van der Waals surface area (Å²) in [5, 5.41) is 9.45. The predicted molar refractivity (Wildman–Crippen MR) is 113 cm³/mol. The van der Waals surface area contributed by atoms with Crippen molar-refractivity contribution in [2.75, 3.05) is 10.6 Å². The SMILES string of the molecule is C=CC(=O)NC1CCC[C@@H](Nc2cnc(C(N)=O)c(Nc3cccc(C)c3)n2)C1. The average molecular weight is 394 g/mol. The first-order valence-corrected chi connectivity index (χ1v) is 9.64. The molecule has 8 heteroatoms. The number of nitrogens with two attached hydrogens (primary N) is 1. The van der Waals surface area contributed by atoms with Crippen molar-refractivity contribution in [3.63, 3.8) is 0 Å². The molecule has 152 valence electrons. The molecule has 2 amide bonds. The van der Waals surface area contributed by atoms with E-state index in [1.807, 2.05) is 31.2 Å². The number of aryl methyl sites for hydroxylation is 1. The van der Waals surface area contributed by atoms with Crippen LogP contribution in [0.4, 0.5) is 17.3 Å². The van der Waals surface area contributed by atoms with E-state index in [9.17, 15) is 9.59 Å². The van der Waals surface area contributed by atoms with Crippen LogP contribution in [-0.2, 0) is 4.79 Å². The zero-order chi connectivity index (χ0) is 20.8. The van der Waals surface area contributed by atoms with Crippen LogP contribution in [0.25, 0.3) is 0 Å². The number of primary amides is 1. The number of carbonyl (C=O) groups is 2. The second kappa shape index (κ2) is 9.18. The summed E-state index contributed by atoms with van der Waals surface area (Å²) in [7, 11) is 0. The Hall–Kier alpha value is -3.42. The molecule has 1 unspecified atom stereocenters. The molecular formula is C21H26N6O2. The molecule has 1 aromatic heterocycles. The highest BCUT2D eigenvalue weighted by atomic mass is 16.2. The summed E-state index contributed by atoms with van der Waals surface area (Å²) >= 11 is 0. The van der Waals surface area contributed by atoms with Gasteiger partial charge in [0.2, 0.25) is 5.91 Å². The number of hydrogen-bond acceptors (Lipinski definition) is 6. The first kappa shape index (κ1) is 20.3. The number of rotatable bonds is 7. The monoisotopic (exact) mass is 394 g/mol. The molecule has 0 saturated heterocycles. The zero-order valence-electron chi connectivity index (χ0n) is 16.4. The van der Waals surface area contributed by atoms with Crippen LogP contribution >= 0.6 is 0 Å². The van der Waals surface area contributed by atoms with E-state index in [0.29, 0.717) is 11.6 Å². The van der Waals surface area contributed by atoms with Gasteiger partial charge in [-0.2, -0.15) is 0 Å². The Labute approximate surface area is 170 Å². The number of hydrogen-bond donors (Lipinski definition) is 4. The Bertz CT molecular complexity index is 914. The van der Waals surface area contributed by atoms with E-state index in [0.717, 1.165) is 36.9 Å². The number of aromatic nitrogens is 2. The molecule has 0 spiro atoms. The largest absolute Gasteiger partial charge is 0.366 e. The molecule has 3 rings (SSSR count). The van der Waals surface area contributed by atoms with Gasteiger partial charge in [-0.15, -0.1) is 0 Å². The number of benzene rings is 1. The first-order chi connectivity index (χ1) is 13.9. The fourth-order valence-corrected chi connectivity index (χ4v) is 3.51. The Morgan fingerprint density at radius 2 is 2.07 bits per heavy atom. The summed E-state index contributed by atoms with van der Waals surface area (Å²) in [5.41, 5.74) is 7.41. The molecule has 0 bridgehead atoms. The molecule has 2 atom stereocenters. The fraction of sp³-hybridized carbons (Fsp3) is 0.333. The van der Waals surface area contributed by atoms with E-state index < -0.39 is 5.91 Å². The lowest BCUT2D eigenvalue weighted by atomic mass is 9.91. The van der Waals surface area contributed by atoms with Gasteiger partial charge in [0.25, 0.3) is 5.91 Å². The molecule has 29 heavy (non-hydrogen) atoms. The highest BCUT2D eigenvalue weighted by Gasteiger charge is 2.23. The van der Waals surface area contributed by atoms with E-state index in [1.54, 1.807) is 0 Å². The Balaban J connectivity index is 1.75. The van der Waals surface area contributed by atoms with Crippen LogP contribution in [0.3, 0.4) is 0 Å². The molecule has 1 aliphatic rings. The molecular weight excluding hydrogens is 368 g/mol. The minimum atomic E-state index is -0.649. The highest BCUT2D eigenvalue weighted by Crippen LogP contribution is 2.24. The van der Waals surface area contributed by atoms with E-state index in [4.69, 9.17) is 5.73 Å². The van der Waals surface area contributed by atoms with Gasteiger partial charge in [-0.1, -0.05) is 18.7 Å². The topological polar surface area (TPSA) is 122 Å². The van der Waals surface area contributed by atoms with E-state index in [-0.39, 0.29) is 23.7 Å². The lowest BCUT2D eigenvalue weighted by Crippen LogP contribution is -2.41. The van der Waals surface area contributed by atoms with Crippen molar-refractivity contribution in [1.82, 2.24) is 15.3 Å². The summed E-state index contributed by atoms with van der Waals surface area (Å²) in [6, 6.07) is 7.95. The smallest absolute Gasteiger partial charge is 0.271 e. The number of carbonyl (C=O) groups excluding carboxylic acids is 2. The van der Waals surface area contributed by atoms with Crippen LogP contribution in [0.15, 0.2) is 43.1 Å². The van der Waals surface area contributed by atoms with Crippen LogP contribution in [-0.4, -0.2) is 33.9 Å². The molecule has 2 aromatic rings. The van der Waals surface area contributed by atoms with Gasteiger partial charge in [-0.05, 0) is 56.4 Å². The molecule has 1 aliphatic carbocycles. The third kappa shape index (κ3) is 5.54. The van der Waals surface area contributed by atoms with Crippen molar-refractivity contribution < 1.29 is 9.59 Å². The normalized spacial score (nSPS) is 18.5. The van der Waals surface area contributed by atoms with Gasteiger partial charge in [0.1, 0.15) is 5.82 Å². The predicted octanol–water partition coefficient (Wildman–Crippen LogP) is 2.65. The van der Waals surface area contributed by atoms with Crippen LogP contribution in [0.5, 0.6) is 0 Å². The standard InChI is InChI=1S/C21H26N6O2/c1-3-18(28)25-16-9-5-8-15(11-16)24-17-12-23-19(20(22)29)21(27-17)26-14-7-4-6-13(2)10-14/h3-4,6-7,10,12,15-16H,1,5,8-9,11H2,2H3,(H2,22,29)(H,25,28)(H2,24,26,27)/t15-,16?/m1/s1. The lowest BCUT2D eigenvalue weighted by molar-refractivity contribution is -0.117. The maximum Gasteiger partial charge on any atom is 0.271 e. The van der Waals surface area contributed by atoms with Crippen molar-refractivity contribution in [3.8, 4) is 0 Å². The minimum Gasteiger partial charge on any atom is -0.366 e.